The van der Waals surface area contributed by atoms with Crippen LogP contribution in [0, 0.1) is 0 Å². The molecule has 4 amide bonds. The zero-order chi connectivity index (χ0) is 37.1. The van der Waals surface area contributed by atoms with Gasteiger partial charge in [0.1, 0.15) is 5.75 Å². The molecule has 1 aliphatic carbocycles. The number of fused-ring (bicyclic) bond motifs is 1. The summed E-state index contributed by atoms with van der Waals surface area (Å²) in [6, 6.07) is 19.3. The van der Waals surface area contributed by atoms with E-state index < -0.39 is 12.1 Å². The molecule has 1 fully saturated rings. The molecule has 0 aromatic heterocycles. The summed E-state index contributed by atoms with van der Waals surface area (Å²) in [5.41, 5.74) is 9.16. The number of hydrogen-bond donors (Lipinski definition) is 4. The number of rotatable bonds is 13. The second-order valence-corrected chi connectivity index (χ2v) is 12.2. The van der Waals surface area contributed by atoms with E-state index in [-0.39, 0.29) is 36.3 Å². The fraction of sp³-hybridized carbons (Fsp3) is 0.361. The Kier molecular flexibility index (Phi) is 13.1. The fourth-order valence-electron chi connectivity index (χ4n) is 5.15. The zero-order valence-corrected chi connectivity index (χ0v) is 28.0. The number of amides is 4. The Morgan fingerprint density at radius 2 is 1.51 bits per heavy atom. The Bertz CT molecular complexity index is 1710. The lowest BCUT2D eigenvalue weighted by molar-refractivity contribution is -0.192. The molecule has 0 spiro atoms. The van der Waals surface area contributed by atoms with Crippen LogP contribution < -0.4 is 21.1 Å². The second kappa shape index (κ2) is 17.5. The molecule has 5 rings (SSSR count). The highest BCUT2D eigenvalue weighted by molar-refractivity contribution is 6.04. The average molecular weight is 712 g/mol. The van der Waals surface area contributed by atoms with Gasteiger partial charge in [-0.1, -0.05) is 25.0 Å². The number of nitrogens with two attached hydrogens (primary N) is 1. The van der Waals surface area contributed by atoms with Crippen molar-refractivity contribution in [1.82, 2.24) is 9.80 Å². The molecular formula is C36H40F3N5O7. The molecule has 0 unspecified atom stereocenters. The van der Waals surface area contributed by atoms with Crippen molar-refractivity contribution >= 4 is 41.0 Å². The van der Waals surface area contributed by atoms with Gasteiger partial charge in [0.2, 0.25) is 0 Å². The number of benzene rings is 3. The number of hydrogen-bond acceptors (Lipinski definition) is 7. The van der Waals surface area contributed by atoms with Gasteiger partial charge in [-0.15, -0.1) is 0 Å². The van der Waals surface area contributed by atoms with Gasteiger partial charge in [-0.2, -0.15) is 13.2 Å². The molecule has 3 aromatic rings. The van der Waals surface area contributed by atoms with Gasteiger partial charge >= 0.3 is 12.1 Å². The molecule has 1 heterocycles. The molecule has 15 heteroatoms. The van der Waals surface area contributed by atoms with Crippen LogP contribution in [-0.4, -0.2) is 83.5 Å². The largest absolute Gasteiger partial charge is 0.490 e. The summed E-state index contributed by atoms with van der Waals surface area (Å²) in [4.78, 5) is 63.1. The van der Waals surface area contributed by atoms with Gasteiger partial charge in [-0.05, 0) is 92.4 Å². The number of anilines is 2. The minimum atomic E-state index is -5.08. The third-order valence-electron chi connectivity index (χ3n) is 8.11. The second-order valence-electron chi connectivity index (χ2n) is 12.2. The van der Waals surface area contributed by atoms with Crippen LogP contribution in [0.4, 0.5) is 24.5 Å². The fourth-order valence-corrected chi connectivity index (χ4v) is 5.15. The van der Waals surface area contributed by atoms with Gasteiger partial charge in [0.25, 0.3) is 23.6 Å². The smallest absolute Gasteiger partial charge is 0.482 e. The van der Waals surface area contributed by atoms with Crippen molar-refractivity contribution < 1.29 is 47.0 Å². The number of nitrogens with zero attached hydrogens (tertiary/aromatic N) is 2. The van der Waals surface area contributed by atoms with Crippen molar-refractivity contribution in [3.05, 3.63) is 89.0 Å². The number of alkyl halides is 3. The lowest BCUT2D eigenvalue weighted by atomic mass is 10.1. The Morgan fingerprint density at radius 1 is 0.902 bits per heavy atom. The van der Waals surface area contributed by atoms with Gasteiger partial charge in [-0.3, -0.25) is 19.2 Å². The SMILES string of the molecule is CN(CCCCCCN)C(=O)c1ccc(NC(=O)c2ccc(CN(C(=O)c3ccc4c(c3)OCC(=O)N4)C3CC3)cc2)cc1.O=C(O)C(F)(F)F. The van der Waals surface area contributed by atoms with E-state index in [9.17, 15) is 32.3 Å². The summed E-state index contributed by atoms with van der Waals surface area (Å²) >= 11 is 0. The molecular weight excluding hydrogens is 671 g/mol. The van der Waals surface area contributed by atoms with E-state index in [2.05, 4.69) is 10.6 Å². The van der Waals surface area contributed by atoms with Crippen molar-refractivity contribution in [2.45, 2.75) is 57.3 Å². The number of carbonyl (C=O) groups excluding carboxylic acids is 4. The van der Waals surface area contributed by atoms with Crippen molar-refractivity contribution in [1.29, 1.82) is 0 Å². The molecule has 3 aromatic carbocycles. The summed E-state index contributed by atoms with van der Waals surface area (Å²) in [6.07, 6.45) is 0.872. The molecule has 0 saturated heterocycles. The number of aliphatic carboxylic acids is 1. The van der Waals surface area contributed by atoms with Crippen molar-refractivity contribution in [3.63, 3.8) is 0 Å². The predicted octanol–water partition coefficient (Wildman–Crippen LogP) is 5.30. The first-order valence-electron chi connectivity index (χ1n) is 16.4. The van der Waals surface area contributed by atoms with Crippen molar-refractivity contribution in [2.24, 2.45) is 5.73 Å². The Morgan fingerprint density at radius 3 is 2.12 bits per heavy atom. The normalized spacial score (nSPS) is 13.4. The highest BCUT2D eigenvalue weighted by atomic mass is 19.4. The number of unbranched alkanes of at least 4 members (excludes halogenated alkanes) is 3. The number of halogens is 3. The first-order chi connectivity index (χ1) is 24.3. The van der Waals surface area contributed by atoms with Crippen LogP contribution in [0.3, 0.4) is 0 Å². The monoisotopic (exact) mass is 711 g/mol. The number of nitrogens with one attached hydrogen (secondary N) is 2. The maximum absolute atomic E-state index is 13.4. The number of carboxylic acids is 1. The van der Waals surface area contributed by atoms with Crippen LogP contribution in [0.15, 0.2) is 66.7 Å². The third-order valence-corrected chi connectivity index (χ3v) is 8.11. The minimum Gasteiger partial charge on any atom is -0.482 e. The summed E-state index contributed by atoms with van der Waals surface area (Å²) in [5, 5.41) is 12.8. The lowest BCUT2D eigenvalue weighted by Crippen LogP contribution is -2.33. The molecule has 51 heavy (non-hydrogen) atoms. The lowest BCUT2D eigenvalue weighted by Gasteiger charge is -2.24. The minimum absolute atomic E-state index is 0.0514. The summed E-state index contributed by atoms with van der Waals surface area (Å²) in [5.74, 6) is -2.91. The van der Waals surface area contributed by atoms with Crippen LogP contribution in [0.25, 0.3) is 0 Å². The van der Waals surface area contributed by atoms with Gasteiger partial charge in [0.15, 0.2) is 6.61 Å². The molecule has 272 valence electrons. The zero-order valence-electron chi connectivity index (χ0n) is 28.0. The quantitative estimate of drug-likeness (QED) is 0.173. The molecule has 1 saturated carbocycles. The number of ether oxygens (including phenoxy) is 1. The topological polar surface area (TPSA) is 171 Å². The number of carboxylic acid groups (broad SMARTS) is 1. The van der Waals surface area contributed by atoms with Crippen LogP contribution in [0.5, 0.6) is 5.75 Å². The number of carbonyl (C=O) groups is 5. The molecule has 5 N–H and O–H groups in total. The van der Waals surface area contributed by atoms with Crippen molar-refractivity contribution in [3.8, 4) is 5.75 Å². The summed E-state index contributed by atoms with van der Waals surface area (Å²) < 4.78 is 37.2. The molecule has 12 nitrogen and oxygen atoms in total. The molecule has 0 bridgehead atoms. The van der Waals surface area contributed by atoms with Crippen LogP contribution in [0.2, 0.25) is 0 Å². The Hall–Kier alpha value is -5.44. The van der Waals surface area contributed by atoms with E-state index in [0.717, 1.165) is 44.1 Å². The molecule has 1 aliphatic heterocycles. The van der Waals surface area contributed by atoms with E-state index in [1.165, 1.54) is 0 Å². The van der Waals surface area contributed by atoms with Gasteiger partial charge in [0.05, 0.1) is 5.69 Å². The Balaban J connectivity index is 0.000000755. The van der Waals surface area contributed by atoms with E-state index in [1.54, 1.807) is 66.5 Å². The van der Waals surface area contributed by atoms with E-state index in [1.807, 2.05) is 17.0 Å². The van der Waals surface area contributed by atoms with Crippen molar-refractivity contribution in [2.75, 3.05) is 37.4 Å². The molecule has 2 aliphatic rings. The average Bonchev–Trinajstić information content (AvgIpc) is 3.95. The van der Waals surface area contributed by atoms with Gasteiger partial charge < -0.3 is 36.0 Å². The van der Waals surface area contributed by atoms with Gasteiger partial charge in [0, 0.05) is 48.6 Å². The summed E-state index contributed by atoms with van der Waals surface area (Å²) in [6.45, 7) is 1.73. The first kappa shape index (κ1) is 38.4. The first-order valence-corrected chi connectivity index (χ1v) is 16.4. The van der Waals surface area contributed by atoms with E-state index in [4.69, 9.17) is 20.4 Å². The van der Waals surface area contributed by atoms with E-state index in [0.29, 0.717) is 53.4 Å². The molecule has 0 radical (unpaired) electrons. The predicted molar refractivity (Wildman–Crippen MR) is 182 cm³/mol. The highest BCUT2D eigenvalue weighted by Gasteiger charge is 2.38. The van der Waals surface area contributed by atoms with Crippen LogP contribution in [-0.2, 0) is 16.1 Å². The van der Waals surface area contributed by atoms with Gasteiger partial charge in [-0.25, -0.2) is 4.79 Å². The van der Waals surface area contributed by atoms with Crippen LogP contribution >= 0.6 is 0 Å². The van der Waals surface area contributed by atoms with Crippen LogP contribution in [0.1, 0.15) is 75.2 Å². The maximum atomic E-state index is 13.4. The maximum Gasteiger partial charge on any atom is 0.490 e. The summed E-state index contributed by atoms with van der Waals surface area (Å²) in [7, 11) is 1.80. The standard InChI is InChI=1S/C34H39N5O5.C2HF3O2/c1-38(19-5-3-2-4-18-35)33(42)25-10-13-27(14-11-25)36-32(41)24-8-6-23(7-9-24)21-39(28-15-16-28)34(43)26-12-17-29-30(20-26)44-22-31(40)37-29;3-2(4,5)1(6)7/h6-14,17,20,28H,2-5,15-16,18-19,21-22,35H2,1H3,(H,36,41)(H,37,40);(H,6,7). The highest BCUT2D eigenvalue weighted by Crippen LogP contribution is 2.33. The Labute approximate surface area is 292 Å². The third kappa shape index (κ3) is 11.3. The molecule has 0 atom stereocenters. The van der Waals surface area contributed by atoms with E-state index >= 15 is 0 Å².